The molecule has 0 bridgehead atoms. The normalized spacial score (nSPS) is 14.9. The minimum absolute atomic E-state index is 0.204. The maximum Gasteiger partial charge on any atom is 0.244 e. The van der Waals surface area contributed by atoms with Crippen LogP contribution in [0.3, 0.4) is 0 Å². The molecule has 100 valence electrons. The van der Waals surface area contributed by atoms with Crippen LogP contribution < -0.4 is 5.32 Å². The fraction of sp³-hybridized carbons (Fsp3) is 0.357. The van der Waals surface area contributed by atoms with Crippen LogP contribution in [-0.2, 0) is 14.4 Å². The van der Waals surface area contributed by atoms with Crippen LogP contribution in [0.2, 0.25) is 0 Å². The maximum atomic E-state index is 11.8. The highest BCUT2D eigenvalue weighted by molar-refractivity contribution is 6.06. The van der Waals surface area contributed by atoms with Crippen molar-refractivity contribution in [2.24, 2.45) is 0 Å². The van der Waals surface area contributed by atoms with Gasteiger partial charge >= 0.3 is 0 Å². The van der Waals surface area contributed by atoms with Gasteiger partial charge in [0.05, 0.1) is 0 Å². The van der Waals surface area contributed by atoms with E-state index in [1.165, 1.54) is 0 Å². The third kappa shape index (κ3) is 3.19. The molecular weight excluding hydrogens is 244 g/mol. The van der Waals surface area contributed by atoms with E-state index < -0.39 is 0 Å². The van der Waals surface area contributed by atoms with Gasteiger partial charge in [-0.2, -0.15) is 0 Å². The predicted molar refractivity (Wildman–Crippen MR) is 70.5 cm³/mol. The van der Waals surface area contributed by atoms with Crippen molar-refractivity contribution in [3.8, 4) is 0 Å². The molecule has 1 N–H and O–H groups in total. The zero-order chi connectivity index (χ0) is 14.0. The molecule has 2 rings (SSSR count). The largest absolute Gasteiger partial charge is 0.325 e. The molecule has 5 heteroatoms. The molecule has 0 spiro atoms. The first-order valence-electron chi connectivity index (χ1n) is 6.17. The monoisotopic (exact) mass is 260 g/mol. The molecule has 1 aliphatic heterocycles. The molecule has 0 saturated carbocycles. The SMILES string of the molecule is Cc1cc(C)cc(NC(=O)CN2C(=O)CCC2=O)c1. The smallest absolute Gasteiger partial charge is 0.244 e. The minimum atomic E-state index is -0.353. The number of hydrogen-bond acceptors (Lipinski definition) is 3. The van der Waals surface area contributed by atoms with E-state index in [1.54, 1.807) is 0 Å². The number of benzene rings is 1. The second-order valence-corrected chi connectivity index (χ2v) is 4.80. The quantitative estimate of drug-likeness (QED) is 0.835. The van der Waals surface area contributed by atoms with Crippen LogP contribution >= 0.6 is 0 Å². The molecule has 0 radical (unpaired) electrons. The summed E-state index contributed by atoms with van der Waals surface area (Å²) >= 11 is 0. The van der Waals surface area contributed by atoms with Gasteiger partial charge in [-0.1, -0.05) is 6.07 Å². The van der Waals surface area contributed by atoms with Gasteiger partial charge in [-0.05, 0) is 37.1 Å². The molecular formula is C14H16N2O3. The van der Waals surface area contributed by atoms with Crippen LogP contribution in [0.25, 0.3) is 0 Å². The van der Waals surface area contributed by atoms with Crippen molar-refractivity contribution in [3.05, 3.63) is 29.3 Å². The summed E-state index contributed by atoms with van der Waals surface area (Å²) in [6.07, 6.45) is 0.408. The maximum absolute atomic E-state index is 11.8. The third-order valence-corrected chi connectivity index (χ3v) is 2.96. The topological polar surface area (TPSA) is 66.5 Å². The lowest BCUT2D eigenvalue weighted by atomic mass is 10.1. The molecule has 1 aromatic rings. The predicted octanol–water partition coefficient (Wildman–Crippen LogP) is 1.39. The molecule has 1 saturated heterocycles. The number of carbonyl (C=O) groups is 3. The second kappa shape index (κ2) is 5.22. The summed E-state index contributed by atoms with van der Waals surface area (Å²) in [5.41, 5.74) is 2.77. The molecule has 19 heavy (non-hydrogen) atoms. The summed E-state index contributed by atoms with van der Waals surface area (Å²) in [6, 6.07) is 5.69. The molecule has 0 unspecified atom stereocenters. The summed E-state index contributed by atoms with van der Waals surface area (Å²) in [5.74, 6) is -0.908. The Morgan fingerprint density at radius 2 is 1.63 bits per heavy atom. The second-order valence-electron chi connectivity index (χ2n) is 4.80. The van der Waals surface area contributed by atoms with Crippen molar-refractivity contribution in [1.82, 2.24) is 4.90 Å². The Morgan fingerprint density at radius 3 is 2.16 bits per heavy atom. The van der Waals surface area contributed by atoms with Crippen molar-refractivity contribution in [2.75, 3.05) is 11.9 Å². The van der Waals surface area contributed by atoms with E-state index in [0.717, 1.165) is 16.0 Å². The molecule has 1 fully saturated rings. The first-order chi connectivity index (χ1) is 8.95. The Kier molecular flexibility index (Phi) is 3.64. The molecule has 0 aromatic heterocycles. The number of rotatable bonds is 3. The lowest BCUT2D eigenvalue weighted by Gasteiger charge is -2.14. The number of carbonyl (C=O) groups excluding carboxylic acids is 3. The van der Waals surface area contributed by atoms with Crippen LogP contribution in [0.1, 0.15) is 24.0 Å². The van der Waals surface area contributed by atoms with E-state index in [-0.39, 0.29) is 37.1 Å². The number of amides is 3. The van der Waals surface area contributed by atoms with Crippen molar-refractivity contribution in [3.63, 3.8) is 0 Å². The Hall–Kier alpha value is -2.17. The number of nitrogens with zero attached hydrogens (tertiary/aromatic N) is 1. The molecule has 1 aromatic carbocycles. The summed E-state index contributed by atoms with van der Waals surface area (Å²) in [7, 11) is 0. The van der Waals surface area contributed by atoms with Gasteiger partial charge < -0.3 is 5.32 Å². The van der Waals surface area contributed by atoms with Crippen molar-refractivity contribution < 1.29 is 14.4 Å². The van der Waals surface area contributed by atoms with Crippen LogP contribution in [0.15, 0.2) is 18.2 Å². The van der Waals surface area contributed by atoms with E-state index in [2.05, 4.69) is 5.32 Å². The van der Waals surface area contributed by atoms with Crippen LogP contribution in [0.5, 0.6) is 0 Å². The summed E-state index contributed by atoms with van der Waals surface area (Å²) in [6.45, 7) is 3.68. The standard InChI is InChI=1S/C14H16N2O3/c1-9-5-10(2)7-11(6-9)15-12(17)8-16-13(18)3-4-14(16)19/h5-7H,3-4,8H2,1-2H3,(H,15,17). The van der Waals surface area contributed by atoms with E-state index in [9.17, 15) is 14.4 Å². The number of likely N-dealkylation sites (tertiary alicyclic amines) is 1. The zero-order valence-electron chi connectivity index (χ0n) is 11.0. The summed E-state index contributed by atoms with van der Waals surface area (Å²) in [4.78, 5) is 35.6. The van der Waals surface area contributed by atoms with Gasteiger partial charge in [-0.25, -0.2) is 0 Å². The molecule has 5 nitrogen and oxygen atoms in total. The lowest BCUT2D eigenvalue weighted by Crippen LogP contribution is -2.36. The first kappa shape index (κ1) is 13.3. The molecule has 0 aliphatic carbocycles. The van der Waals surface area contributed by atoms with E-state index in [4.69, 9.17) is 0 Å². The fourth-order valence-corrected chi connectivity index (χ4v) is 2.19. The highest BCUT2D eigenvalue weighted by Gasteiger charge is 2.30. The fourth-order valence-electron chi connectivity index (χ4n) is 2.19. The van der Waals surface area contributed by atoms with Crippen LogP contribution in [-0.4, -0.2) is 29.2 Å². The molecule has 1 heterocycles. The number of hydrogen-bond donors (Lipinski definition) is 1. The van der Waals surface area contributed by atoms with Gasteiger partial charge in [-0.15, -0.1) is 0 Å². The third-order valence-electron chi connectivity index (χ3n) is 2.96. The van der Waals surface area contributed by atoms with Crippen molar-refractivity contribution in [2.45, 2.75) is 26.7 Å². The lowest BCUT2D eigenvalue weighted by molar-refractivity contribution is -0.141. The molecule has 0 atom stereocenters. The Bertz CT molecular complexity index is 515. The molecule has 3 amide bonds. The summed E-state index contributed by atoms with van der Waals surface area (Å²) < 4.78 is 0. The van der Waals surface area contributed by atoms with E-state index in [1.807, 2.05) is 32.0 Å². The van der Waals surface area contributed by atoms with Crippen LogP contribution in [0.4, 0.5) is 5.69 Å². The van der Waals surface area contributed by atoms with E-state index in [0.29, 0.717) is 5.69 Å². The van der Waals surface area contributed by atoms with Crippen molar-refractivity contribution >= 4 is 23.4 Å². The van der Waals surface area contributed by atoms with Crippen molar-refractivity contribution in [1.29, 1.82) is 0 Å². The average molecular weight is 260 g/mol. The first-order valence-corrected chi connectivity index (χ1v) is 6.17. The van der Waals surface area contributed by atoms with Gasteiger partial charge in [0.2, 0.25) is 17.7 Å². The number of imide groups is 1. The van der Waals surface area contributed by atoms with Gasteiger partial charge in [0.1, 0.15) is 6.54 Å². The zero-order valence-corrected chi connectivity index (χ0v) is 11.0. The van der Waals surface area contributed by atoms with Gasteiger partial charge in [0.15, 0.2) is 0 Å². The van der Waals surface area contributed by atoms with E-state index >= 15 is 0 Å². The summed E-state index contributed by atoms with van der Waals surface area (Å²) in [5, 5.41) is 2.71. The Labute approximate surface area is 111 Å². The average Bonchev–Trinajstić information content (AvgIpc) is 2.59. The number of anilines is 1. The number of nitrogens with one attached hydrogen (secondary N) is 1. The highest BCUT2D eigenvalue weighted by Crippen LogP contribution is 2.15. The molecule has 1 aliphatic rings. The Morgan fingerprint density at radius 1 is 1.11 bits per heavy atom. The van der Waals surface area contributed by atoms with Gasteiger partial charge in [-0.3, -0.25) is 19.3 Å². The number of aryl methyl sites for hydroxylation is 2. The Balaban J connectivity index is 2.01. The van der Waals surface area contributed by atoms with Gasteiger partial charge in [0.25, 0.3) is 0 Å². The highest BCUT2D eigenvalue weighted by atomic mass is 16.2. The van der Waals surface area contributed by atoms with Crippen LogP contribution in [0, 0.1) is 13.8 Å². The minimum Gasteiger partial charge on any atom is -0.325 e. The van der Waals surface area contributed by atoms with Gasteiger partial charge in [0, 0.05) is 18.5 Å².